The summed E-state index contributed by atoms with van der Waals surface area (Å²) in [5, 5.41) is 0.531. The molecular formula is C19H22ClNO6S. The van der Waals surface area contributed by atoms with Crippen LogP contribution >= 0.6 is 11.6 Å². The van der Waals surface area contributed by atoms with Crippen molar-refractivity contribution in [3.8, 4) is 11.5 Å². The zero-order valence-corrected chi connectivity index (χ0v) is 17.4. The summed E-state index contributed by atoms with van der Waals surface area (Å²) in [7, 11) is -1.14. The van der Waals surface area contributed by atoms with Crippen molar-refractivity contribution in [3.63, 3.8) is 0 Å². The van der Waals surface area contributed by atoms with E-state index in [0.717, 1.165) is 4.31 Å². The smallest absolute Gasteiger partial charge is 0.321 e. The van der Waals surface area contributed by atoms with Gasteiger partial charge in [-0.2, -0.15) is 4.31 Å². The third-order valence-corrected chi connectivity index (χ3v) is 5.92. The first-order valence-corrected chi connectivity index (χ1v) is 10.3. The number of esters is 1. The van der Waals surface area contributed by atoms with Gasteiger partial charge >= 0.3 is 5.97 Å². The molecule has 0 aromatic heterocycles. The lowest BCUT2D eigenvalue weighted by Gasteiger charge is -2.22. The van der Waals surface area contributed by atoms with E-state index in [0.29, 0.717) is 16.3 Å². The van der Waals surface area contributed by atoms with Crippen LogP contribution in [-0.4, -0.2) is 46.1 Å². The number of benzene rings is 2. The molecule has 7 nitrogen and oxygen atoms in total. The highest BCUT2D eigenvalue weighted by atomic mass is 35.5. The van der Waals surface area contributed by atoms with Gasteiger partial charge in [0.1, 0.15) is 6.54 Å². The Labute approximate surface area is 169 Å². The number of sulfonamides is 1. The Morgan fingerprint density at radius 1 is 1.04 bits per heavy atom. The molecule has 0 bridgehead atoms. The van der Waals surface area contributed by atoms with Crippen molar-refractivity contribution in [1.82, 2.24) is 4.31 Å². The van der Waals surface area contributed by atoms with Crippen LogP contribution in [0.5, 0.6) is 11.5 Å². The van der Waals surface area contributed by atoms with Crippen LogP contribution < -0.4 is 9.47 Å². The first-order valence-electron chi connectivity index (χ1n) is 8.44. The molecule has 28 heavy (non-hydrogen) atoms. The fraction of sp³-hybridized carbons (Fsp3) is 0.316. The van der Waals surface area contributed by atoms with Crippen LogP contribution in [0.25, 0.3) is 0 Å². The number of nitrogens with zero attached hydrogens (tertiary/aromatic N) is 1. The van der Waals surface area contributed by atoms with Gasteiger partial charge in [-0.1, -0.05) is 23.7 Å². The van der Waals surface area contributed by atoms with Gasteiger partial charge < -0.3 is 14.2 Å². The second kappa shape index (κ2) is 9.77. The molecule has 2 aromatic carbocycles. The highest BCUT2D eigenvalue weighted by Gasteiger charge is 2.28. The molecule has 0 unspecified atom stereocenters. The van der Waals surface area contributed by atoms with E-state index in [2.05, 4.69) is 0 Å². The maximum atomic E-state index is 13.2. The molecule has 2 rings (SSSR count). The van der Waals surface area contributed by atoms with Crippen molar-refractivity contribution in [3.05, 3.63) is 53.1 Å². The van der Waals surface area contributed by atoms with E-state index < -0.39 is 22.5 Å². The van der Waals surface area contributed by atoms with Gasteiger partial charge in [-0.3, -0.25) is 4.79 Å². The molecule has 9 heteroatoms. The van der Waals surface area contributed by atoms with Crippen molar-refractivity contribution in [2.75, 3.05) is 27.4 Å². The summed E-state index contributed by atoms with van der Waals surface area (Å²) in [5.41, 5.74) is 0.678. The van der Waals surface area contributed by atoms with Crippen LogP contribution in [0, 0.1) is 0 Å². The normalized spacial score (nSPS) is 11.3. The number of hydrogen-bond acceptors (Lipinski definition) is 6. The van der Waals surface area contributed by atoms with Gasteiger partial charge in [0.25, 0.3) is 0 Å². The zero-order valence-electron chi connectivity index (χ0n) is 15.8. The van der Waals surface area contributed by atoms with E-state index in [-0.39, 0.29) is 23.8 Å². The lowest BCUT2D eigenvalue weighted by Crippen LogP contribution is -2.36. The topological polar surface area (TPSA) is 82.1 Å². The van der Waals surface area contributed by atoms with Gasteiger partial charge in [-0.05, 0) is 36.8 Å². The predicted molar refractivity (Wildman–Crippen MR) is 105 cm³/mol. The second-order valence-corrected chi connectivity index (χ2v) is 8.10. The highest BCUT2D eigenvalue weighted by molar-refractivity contribution is 7.89. The molecule has 152 valence electrons. The van der Waals surface area contributed by atoms with Crippen molar-refractivity contribution in [1.29, 1.82) is 0 Å². The molecular weight excluding hydrogens is 406 g/mol. The summed E-state index contributed by atoms with van der Waals surface area (Å²) in [6.07, 6.45) is 0. The fourth-order valence-electron chi connectivity index (χ4n) is 2.50. The molecule has 2 aromatic rings. The van der Waals surface area contributed by atoms with E-state index in [1.807, 2.05) is 0 Å². The van der Waals surface area contributed by atoms with Crippen LogP contribution in [0.15, 0.2) is 47.4 Å². The number of hydrogen-bond donors (Lipinski definition) is 0. The average molecular weight is 428 g/mol. The molecule has 0 saturated carbocycles. The molecule has 0 heterocycles. The zero-order chi connectivity index (χ0) is 20.7. The number of ether oxygens (including phenoxy) is 3. The van der Waals surface area contributed by atoms with Gasteiger partial charge in [-0.15, -0.1) is 0 Å². The third-order valence-electron chi connectivity index (χ3n) is 3.88. The summed E-state index contributed by atoms with van der Waals surface area (Å²) < 4.78 is 42.7. The van der Waals surface area contributed by atoms with Crippen molar-refractivity contribution >= 4 is 27.6 Å². The Morgan fingerprint density at radius 3 is 2.25 bits per heavy atom. The molecule has 0 N–H and O–H groups in total. The molecule has 0 aliphatic heterocycles. The van der Waals surface area contributed by atoms with Crippen LogP contribution in [0.2, 0.25) is 5.02 Å². The number of rotatable bonds is 9. The molecule has 0 saturated heterocycles. The number of carbonyl (C=O) groups excluding carboxylic acids is 1. The van der Waals surface area contributed by atoms with Gasteiger partial charge in [0, 0.05) is 17.6 Å². The minimum atomic E-state index is -4.02. The Morgan fingerprint density at radius 2 is 1.68 bits per heavy atom. The van der Waals surface area contributed by atoms with Crippen LogP contribution in [-0.2, 0) is 26.1 Å². The third kappa shape index (κ3) is 5.37. The van der Waals surface area contributed by atoms with Gasteiger partial charge in [0.2, 0.25) is 10.0 Å². The minimum absolute atomic E-state index is 0.0212. The van der Waals surface area contributed by atoms with Gasteiger partial charge in [0.05, 0.1) is 25.7 Å². The maximum absolute atomic E-state index is 13.2. The number of halogens is 1. The Balaban J connectivity index is 2.41. The fourth-order valence-corrected chi connectivity index (χ4v) is 4.01. The van der Waals surface area contributed by atoms with Crippen molar-refractivity contribution in [2.45, 2.75) is 18.4 Å². The quantitative estimate of drug-likeness (QED) is 0.572. The van der Waals surface area contributed by atoms with E-state index in [4.69, 9.17) is 25.8 Å². The summed E-state index contributed by atoms with van der Waals surface area (Å²) in [5.74, 6) is 0.0303. The van der Waals surface area contributed by atoms with Crippen LogP contribution in [0.3, 0.4) is 0 Å². The standard InChI is InChI=1S/C19H22ClNO6S/c1-4-27-19(22)13-21(12-14-5-7-15(20)8-6-14)28(23,24)16-9-10-17(25-2)18(11-16)26-3/h5-11H,4,12-13H2,1-3H3. The summed E-state index contributed by atoms with van der Waals surface area (Å²) in [6, 6.07) is 11.0. The molecule has 0 radical (unpaired) electrons. The molecule has 0 aliphatic rings. The van der Waals surface area contributed by atoms with Crippen molar-refractivity contribution in [2.24, 2.45) is 0 Å². The molecule has 0 fully saturated rings. The van der Waals surface area contributed by atoms with E-state index >= 15 is 0 Å². The Kier molecular flexibility index (Phi) is 7.68. The summed E-state index contributed by atoms with van der Waals surface area (Å²) in [4.78, 5) is 12.0. The minimum Gasteiger partial charge on any atom is -0.493 e. The monoisotopic (exact) mass is 427 g/mol. The lowest BCUT2D eigenvalue weighted by atomic mass is 10.2. The molecule has 0 aliphatic carbocycles. The average Bonchev–Trinajstić information content (AvgIpc) is 2.68. The molecule has 0 atom stereocenters. The largest absolute Gasteiger partial charge is 0.493 e. The van der Waals surface area contributed by atoms with E-state index in [1.165, 1.54) is 32.4 Å². The van der Waals surface area contributed by atoms with Gasteiger partial charge in [-0.25, -0.2) is 8.42 Å². The van der Waals surface area contributed by atoms with Crippen molar-refractivity contribution < 1.29 is 27.4 Å². The molecule has 0 spiro atoms. The van der Waals surface area contributed by atoms with E-state index in [1.54, 1.807) is 31.2 Å². The maximum Gasteiger partial charge on any atom is 0.321 e. The van der Waals surface area contributed by atoms with Crippen LogP contribution in [0.1, 0.15) is 12.5 Å². The lowest BCUT2D eigenvalue weighted by molar-refractivity contribution is -0.143. The summed E-state index contributed by atoms with van der Waals surface area (Å²) in [6.45, 7) is 1.37. The van der Waals surface area contributed by atoms with E-state index in [9.17, 15) is 13.2 Å². The Bertz CT molecular complexity index is 915. The van der Waals surface area contributed by atoms with Gasteiger partial charge in [0.15, 0.2) is 11.5 Å². The summed E-state index contributed by atoms with van der Waals surface area (Å²) >= 11 is 5.89. The number of carbonyl (C=O) groups is 1. The molecule has 0 amide bonds. The first kappa shape index (κ1) is 22.0. The SMILES string of the molecule is CCOC(=O)CN(Cc1ccc(Cl)cc1)S(=O)(=O)c1ccc(OC)c(OC)c1. The number of methoxy groups -OCH3 is 2. The predicted octanol–water partition coefficient (Wildman–Crippen LogP) is 3.11. The Hall–Kier alpha value is -2.29. The first-order chi connectivity index (χ1) is 13.3. The second-order valence-electron chi connectivity index (χ2n) is 5.72. The highest BCUT2D eigenvalue weighted by Crippen LogP contribution is 2.31. The van der Waals surface area contributed by atoms with Crippen LogP contribution in [0.4, 0.5) is 0 Å².